The van der Waals surface area contributed by atoms with Gasteiger partial charge in [0.15, 0.2) is 0 Å². The molecular formula is C14H23NO3S. The molecule has 2 rings (SSSR count). The smallest absolute Gasteiger partial charge is 0.303 e. The third-order valence-electron chi connectivity index (χ3n) is 4.56. The van der Waals surface area contributed by atoms with Crippen molar-refractivity contribution in [3.05, 3.63) is 0 Å². The van der Waals surface area contributed by atoms with Crippen LogP contribution in [0.5, 0.6) is 0 Å². The fourth-order valence-electron chi connectivity index (χ4n) is 3.34. The summed E-state index contributed by atoms with van der Waals surface area (Å²) in [5, 5.41) is 9.07. The number of carboxylic acids is 1. The van der Waals surface area contributed by atoms with E-state index < -0.39 is 5.97 Å². The van der Waals surface area contributed by atoms with Gasteiger partial charge >= 0.3 is 5.97 Å². The molecule has 5 heteroatoms. The van der Waals surface area contributed by atoms with Gasteiger partial charge in [-0.05, 0) is 30.4 Å². The second kappa shape index (κ2) is 6.16. The molecule has 0 radical (unpaired) electrons. The Bertz CT molecular complexity index is 347. The zero-order chi connectivity index (χ0) is 13.9. The van der Waals surface area contributed by atoms with E-state index in [9.17, 15) is 9.59 Å². The van der Waals surface area contributed by atoms with Crippen molar-refractivity contribution >= 4 is 23.6 Å². The highest BCUT2D eigenvalue weighted by Gasteiger charge is 2.39. The number of rotatable bonds is 5. The summed E-state index contributed by atoms with van der Waals surface area (Å²) in [5.74, 6) is 1.51. The van der Waals surface area contributed by atoms with Crippen molar-refractivity contribution in [2.75, 3.05) is 18.6 Å². The molecule has 2 fully saturated rings. The fourth-order valence-corrected chi connectivity index (χ4v) is 4.61. The summed E-state index contributed by atoms with van der Waals surface area (Å²) in [7, 11) is 1.88. The first-order valence-corrected chi connectivity index (χ1v) is 8.23. The molecule has 0 aromatic carbocycles. The maximum atomic E-state index is 12.4. The molecule has 1 amide bonds. The average Bonchev–Trinajstić information content (AvgIpc) is 2.98. The van der Waals surface area contributed by atoms with E-state index in [4.69, 9.17) is 5.11 Å². The van der Waals surface area contributed by atoms with E-state index in [0.29, 0.717) is 12.5 Å². The zero-order valence-electron chi connectivity index (χ0n) is 11.6. The number of carboxylic acid groups (broad SMARTS) is 1. The van der Waals surface area contributed by atoms with E-state index in [1.165, 1.54) is 0 Å². The molecule has 1 heterocycles. The predicted octanol–water partition coefficient (Wildman–Crippen LogP) is 2.38. The van der Waals surface area contributed by atoms with Crippen molar-refractivity contribution in [2.24, 2.45) is 5.41 Å². The molecule has 1 aliphatic carbocycles. The van der Waals surface area contributed by atoms with Crippen LogP contribution in [0.15, 0.2) is 0 Å². The minimum atomic E-state index is -0.770. The monoisotopic (exact) mass is 285 g/mol. The number of hydrogen-bond donors (Lipinski definition) is 1. The number of aliphatic carboxylic acids is 1. The van der Waals surface area contributed by atoms with Gasteiger partial charge in [0.05, 0.1) is 6.42 Å². The number of carbonyl (C=O) groups excluding carboxylic acids is 1. The lowest BCUT2D eigenvalue weighted by Crippen LogP contribution is -2.40. The molecule has 0 spiro atoms. The third kappa shape index (κ3) is 3.65. The number of nitrogens with zero attached hydrogens (tertiary/aromatic N) is 1. The van der Waals surface area contributed by atoms with Gasteiger partial charge in [0, 0.05) is 25.3 Å². The van der Waals surface area contributed by atoms with Crippen LogP contribution in [-0.4, -0.2) is 46.5 Å². The minimum absolute atomic E-state index is 0.135. The minimum Gasteiger partial charge on any atom is -0.481 e. The van der Waals surface area contributed by atoms with Gasteiger partial charge in [0.1, 0.15) is 0 Å². The first-order chi connectivity index (χ1) is 9.02. The Hall–Kier alpha value is -0.710. The van der Waals surface area contributed by atoms with Crippen LogP contribution in [0, 0.1) is 5.41 Å². The lowest BCUT2D eigenvalue weighted by atomic mass is 9.79. The van der Waals surface area contributed by atoms with Crippen molar-refractivity contribution in [2.45, 2.75) is 51.0 Å². The van der Waals surface area contributed by atoms with Crippen LogP contribution in [0.2, 0.25) is 0 Å². The van der Waals surface area contributed by atoms with Gasteiger partial charge in [-0.3, -0.25) is 9.59 Å². The molecular weight excluding hydrogens is 262 g/mol. The van der Waals surface area contributed by atoms with E-state index in [0.717, 1.165) is 43.6 Å². The van der Waals surface area contributed by atoms with Crippen LogP contribution in [0.3, 0.4) is 0 Å². The lowest BCUT2D eigenvalue weighted by molar-refractivity contribution is -0.141. The predicted molar refractivity (Wildman–Crippen MR) is 76.3 cm³/mol. The third-order valence-corrected chi connectivity index (χ3v) is 5.71. The van der Waals surface area contributed by atoms with E-state index in [2.05, 4.69) is 0 Å². The molecule has 1 N–H and O–H groups in total. The largest absolute Gasteiger partial charge is 0.481 e. The first kappa shape index (κ1) is 14.7. The summed E-state index contributed by atoms with van der Waals surface area (Å²) >= 11 is 1.89. The van der Waals surface area contributed by atoms with Crippen molar-refractivity contribution in [3.8, 4) is 0 Å². The normalized spacial score (nSPS) is 25.4. The average molecular weight is 285 g/mol. The van der Waals surface area contributed by atoms with E-state index >= 15 is 0 Å². The van der Waals surface area contributed by atoms with E-state index in [1.807, 2.05) is 23.7 Å². The van der Waals surface area contributed by atoms with Gasteiger partial charge in [-0.2, -0.15) is 11.8 Å². The van der Waals surface area contributed by atoms with Crippen LogP contribution in [0.1, 0.15) is 44.9 Å². The number of hydrogen-bond acceptors (Lipinski definition) is 3. The molecule has 0 bridgehead atoms. The Balaban J connectivity index is 1.96. The Morgan fingerprint density at radius 3 is 2.53 bits per heavy atom. The van der Waals surface area contributed by atoms with Crippen LogP contribution in [-0.2, 0) is 9.59 Å². The molecule has 1 aliphatic heterocycles. The Morgan fingerprint density at radius 1 is 1.32 bits per heavy atom. The molecule has 2 aliphatic rings. The quantitative estimate of drug-likeness (QED) is 0.842. The second-order valence-corrected chi connectivity index (χ2v) is 7.13. The summed E-state index contributed by atoms with van der Waals surface area (Å²) in [6.45, 7) is 0. The van der Waals surface area contributed by atoms with Gasteiger partial charge in [-0.1, -0.05) is 12.8 Å². The zero-order valence-corrected chi connectivity index (χ0v) is 12.4. The van der Waals surface area contributed by atoms with Gasteiger partial charge in [-0.25, -0.2) is 0 Å². The molecule has 108 valence electrons. The molecule has 1 unspecified atom stereocenters. The van der Waals surface area contributed by atoms with Gasteiger partial charge in [0.25, 0.3) is 0 Å². The molecule has 1 saturated carbocycles. The maximum absolute atomic E-state index is 12.4. The molecule has 19 heavy (non-hydrogen) atoms. The Labute approximate surface area is 118 Å². The summed E-state index contributed by atoms with van der Waals surface area (Å²) in [6.07, 6.45) is 5.52. The Morgan fingerprint density at radius 2 is 2.00 bits per heavy atom. The number of amides is 1. The molecule has 1 saturated heterocycles. The lowest BCUT2D eigenvalue weighted by Gasteiger charge is -2.31. The highest BCUT2D eigenvalue weighted by molar-refractivity contribution is 7.99. The van der Waals surface area contributed by atoms with Crippen molar-refractivity contribution in [1.29, 1.82) is 0 Å². The van der Waals surface area contributed by atoms with Gasteiger partial charge < -0.3 is 10.0 Å². The van der Waals surface area contributed by atoms with Crippen molar-refractivity contribution in [1.82, 2.24) is 4.90 Å². The summed E-state index contributed by atoms with van der Waals surface area (Å²) in [4.78, 5) is 25.3. The highest BCUT2D eigenvalue weighted by atomic mass is 32.2. The van der Waals surface area contributed by atoms with Crippen LogP contribution in [0.25, 0.3) is 0 Å². The molecule has 0 aromatic rings. The highest BCUT2D eigenvalue weighted by Crippen LogP contribution is 2.44. The number of thioether (sulfide) groups is 1. The number of carbonyl (C=O) groups is 2. The molecule has 0 aromatic heterocycles. The fraction of sp³-hybridized carbons (Fsp3) is 0.857. The second-order valence-electron chi connectivity index (χ2n) is 5.98. The van der Waals surface area contributed by atoms with E-state index in [-0.39, 0.29) is 17.7 Å². The van der Waals surface area contributed by atoms with E-state index in [1.54, 1.807) is 0 Å². The molecule has 1 atom stereocenters. The molecule has 4 nitrogen and oxygen atoms in total. The Kier molecular flexibility index (Phi) is 4.76. The van der Waals surface area contributed by atoms with Crippen LogP contribution in [0.4, 0.5) is 0 Å². The van der Waals surface area contributed by atoms with Crippen molar-refractivity contribution < 1.29 is 14.7 Å². The van der Waals surface area contributed by atoms with Crippen LogP contribution < -0.4 is 0 Å². The standard InChI is InChI=1S/C14H23NO3S/c1-15(11-4-7-19-10-11)12(16)8-14(9-13(17)18)5-2-3-6-14/h11H,2-10H2,1H3,(H,17,18). The van der Waals surface area contributed by atoms with Crippen LogP contribution >= 0.6 is 11.8 Å². The topological polar surface area (TPSA) is 57.6 Å². The van der Waals surface area contributed by atoms with Gasteiger partial charge in [0.2, 0.25) is 5.91 Å². The first-order valence-electron chi connectivity index (χ1n) is 7.08. The van der Waals surface area contributed by atoms with Gasteiger partial charge in [-0.15, -0.1) is 0 Å². The SMILES string of the molecule is CN(C(=O)CC1(CC(=O)O)CCCC1)C1CCSC1. The maximum Gasteiger partial charge on any atom is 0.303 e. The van der Waals surface area contributed by atoms with Crippen molar-refractivity contribution in [3.63, 3.8) is 0 Å². The summed E-state index contributed by atoms with van der Waals surface area (Å²) < 4.78 is 0. The summed E-state index contributed by atoms with van der Waals surface area (Å²) in [5.41, 5.74) is -0.275. The summed E-state index contributed by atoms with van der Waals surface area (Å²) in [6, 6.07) is 0.348.